The Morgan fingerprint density at radius 2 is 2.14 bits per heavy atom. The lowest BCUT2D eigenvalue weighted by atomic mass is 10.3. The van der Waals surface area contributed by atoms with Crippen LogP contribution in [-0.2, 0) is 10.0 Å². The molecule has 22 heavy (non-hydrogen) atoms. The van der Waals surface area contributed by atoms with Gasteiger partial charge in [0.15, 0.2) is 0 Å². The number of anilines is 2. The summed E-state index contributed by atoms with van der Waals surface area (Å²) in [7, 11) is -3.87. The molecule has 1 aromatic heterocycles. The molecule has 0 bridgehead atoms. The van der Waals surface area contributed by atoms with Crippen molar-refractivity contribution >= 4 is 27.4 Å². The van der Waals surface area contributed by atoms with Gasteiger partial charge in [-0.05, 0) is 37.3 Å². The van der Waals surface area contributed by atoms with Crippen molar-refractivity contribution in [1.29, 1.82) is 0 Å². The Labute approximate surface area is 127 Å². The number of sulfonamides is 1. The van der Waals surface area contributed by atoms with Crippen molar-refractivity contribution < 1.29 is 12.8 Å². The minimum absolute atomic E-state index is 0.0418. The zero-order chi connectivity index (χ0) is 15.7. The molecule has 8 heteroatoms. The first-order chi connectivity index (χ1) is 10.5. The van der Waals surface area contributed by atoms with Crippen LogP contribution in [0.2, 0.25) is 0 Å². The average molecular weight is 320 g/mol. The van der Waals surface area contributed by atoms with Crippen LogP contribution in [0.25, 0.3) is 0 Å². The third kappa shape index (κ3) is 2.52. The van der Waals surface area contributed by atoms with Gasteiger partial charge in [0.2, 0.25) is 5.96 Å². The summed E-state index contributed by atoms with van der Waals surface area (Å²) in [5, 5.41) is 2.87. The van der Waals surface area contributed by atoms with Gasteiger partial charge in [-0.2, -0.15) is 8.42 Å². The van der Waals surface area contributed by atoms with E-state index in [1.165, 1.54) is 6.07 Å². The monoisotopic (exact) mass is 320 g/mol. The third-order valence-corrected chi connectivity index (χ3v) is 4.53. The lowest BCUT2D eigenvalue weighted by molar-refractivity contribution is 0.596. The van der Waals surface area contributed by atoms with Gasteiger partial charge in [-0.15, -0.1) is 4.40 Å². The summed E-state index contributed by atoms with van der Waals surface area (Å²) >= 11 is 0. The second-order valence-electron chi connectivity index (χ2n) is 4.61. The van der Waals surface area contributed by atoms with E-state index in [-0.39, 0.29) is 16.5 Å². The molecule has 1 aliphatic rings. The van der Waals surface area contributed by atoms with Crippen LogP contribution in [0, 0.1) is 5.82 Å². The van der Waals surface area contributed by atoms with Gasteiger partial charge < -0.3 is 10.2 Å². The molecule has 6 nitrogen and oxygen atoms in total. The normalized spacial score (nSPS) is 15.5. The Kier molecular flexibility index (Phi) is 3.53. The van der Waals surface area contributed by atoms with Crippen molar-refractivity contribution in [3.05, 3.63) is 48.5 Å². The number of hydrogen-bond acceptors (Lipinski definition) is 5. The van der Waals surface area contributed by atoms with E-state index in [1.54, 1.807) is 29.4 Å². The van der Waals surface area contributed by atoms with E-state index in [9.17, 15) is 12.8 Å². The first-order valence-corrected chi connectivity index (χ1v) is 8.04. The second-order valence-corrected chi connectivity index (χ2v) is 6.18. The first-order valence-electron chi connectivity index (χ1n) is 6.60. The highest BCUT2D eigenvalue weighted by molar-refractivity contribution is 7.90. The maximum Gasteiger partial charge on any atom is 0.287 e. The summed E-state index contributed by atoms with van der Waals surface area (Å²) in [5.41, 5.74) is 0.860. The maximum absolute atomic E-state index is 13.4. The van der Waals surface area contributed by atoms with Crippen LogP contribution < -0.4 is 10.2 Å². The highest BCUT2D eigenvalue weighted by Crippen LogP contribution is 2.29. The smallest absolute Gasteiger partial charge is 0.287 e. The van der Waals surface area contributed by atoms with Crippen molar-refractivity contribution in [3.63, 3.8) is 0 Å². The SMILES string of the molecule is CCN(C1=NS(=O)(=O)c2ccc(F)cc2N1)c1cccnc1. The molecule has 0 amide bonds. The molecule has 0 atom stereocenters. The van der Waals surface area contributed by atoms with Crippen molar-refractivity contribution in [2.75, 3.05) is 16.8 Å². The molecule has 1 aromatic carbocycles. The molecular formula is C14H13FN4O2S. The van der Waals surface area contributed by atoms with Crippen LogP contribution in [0.4, 0.5) is 15.8 Å². The predicted molar refractivity (Wildman–Crippen MR) is 81.9 cm³/mol. The van der Waals surface area contributed by atoms with Crippen molar-refractivity contribution in [3.8, 4) is 0 Å². The molecular weight excluding hydrogens is 307 g/mol. The summed E-state index contributed by atoms with van der Waals surface area (Å²) in [6.45, 7) is 2.32. The number of halogens is 1. The van der Waals surface area contributed by atoms with E-state index >= 15 is 0 Å². The molecule has 2 aromatic rings. The minimum Gasteiger partial charge on any atom is -0.324 e. The van der Waals surface area contributed by atoms with Gasteiger partial charge in [0.1, 0.15) is 10.7 Å². The minimum atomic E-state index is -3.87. The molecule has 0 saturated carbocycles. The number of nitrogens with one attached hydrogen (secondary N) is 1. The number of rotatable bonds is 2. The Hall–Kier alpha value is -2.48. The second kappa shape index (κ2) is 5.38. The maximum atomic E-state index is 13.4. The van der Waals surface area contributed by atoms with Gasteiger partial charge in [0.05, 0.1) is 17.6 Å². The number of nitrogens with zero attached hydrogens (tertiary/aromatic N) is 3. The van der Waals surface area contributed by atoms with Gasteiger partial charge >= 0.3 is 0 Å². The van der Waals surface area contributed by atoms with E-state index in [2.05, 4.69) is 14.7 Å². The van der Waals surface area contributed by atoms with E-state index in [0.29, 0.717) is 12.2 Å². The van der Waals surface area contributed by atoms with Gasteiger partial charge in [0, 0.05) is 12.7 Å². The van der Waals surface area contributed by atoms with Crippen LogP contribution in [0.3, 0.4) is 0 Å². The highest BCUT2D eigenvalue weighted by Gasteiger charge is 2.28. The molecule has 0 aliphatic carbocycles. The number of hydrogen-bond donors (Lipinski definition) is 1. The molecule has 1 aliphatic heterocycles. The topological polar surface area (TPSA) is 74.7 Å². The standard InChI is InChI=1S/C14H13FN4O2S/c1-2-19(11-4-3-7-16-9-11)14-17-12-8-10(15)5-6-13(12)22(20,21)18-14/h3-9H,2H2,1H3,(H,17,18). The van der Waals surface area contributed by atoms with Crippen LogP contribution in [-0.4, -0.2) is 25.9 Å². The van der Waals surface area contributed by atoms with Crippen molar-refractivity contribution in [2.45, 2.75) is 11.8 Å². The quantitative estimate of drug-likeness (QED) is 0.918. The van der Waals surface area contributed by atoms with Crippen LogP contribution in [0.5, 0.6) is 0 Å². The zero-order valence-corrected chi connectivity index (χ0v) is 12.5. The van der Waals surface area contributed by atoms with Gasteiger partial charge in [-0.25, -0.2) is 4.39 Å². The number of benzene rings is 1. The van der Waals surface area contributed by atoms with Crippen LogP contribution in [0.15, 0.2) is 52.0 Å². The van der Waals surface area contributed by atoms with Gasteiger partial charge in [0.25, 0.3) is 10.0 Å². The summed E-state index contributed by atoms with van der Waals surface area (Å²) in [6, 6.07) is 6.96. The Bertz CT molecular complexity index is 837. The fourth-order valence-corrected chi connectivity index (χ4v) is 3.31. The highest BCUT2D eigenvalue weighted by atomic mass is 32.2. The molecule has 0 fully saturated rings. The van der Waals surface area contributed by atoms with E-state index in [4.69, 9.17) is 0 Å². The largest absolute Gasteiger partial charge is 0.324 e. The molecule has 0 radical (unpaired) electrons. The molecule has 2 heterocycles. The van der Waals surface area contributed by atoms with E-state index in [1.807, 2.05) is 6.92 Å². The lowest BCUT2D eigenvalue weighted by Crippen LogP contribution is -2.39. The molecule has 0 saturated heterocycles. The molecule has 114 valence electrons. The summed E-state index contributed by atoms with van der Waals surface area (Å²) in [5.74, 6) is -0.402. The number of fused-ring (bicyclic) bond motifs is 1. The zero-order valence-electron chi connectivity index (χ0n) is 11.7. The Morgan fingerprint density at radius 3 is 2.82 bits per heavy atom. The van der Waals surface area contributed by atoms with Crippen LogP contribution in [0.1, 0.15) is 6.92 Å². The average Bonchev–Trinajstić information content (AvgIpc) is 2.48. The van der Waals surface area contributed by atoms with Gasteiger partial charge in [-0.3, -0.25) is 4.98 Å². The lowest BCUT2D eigenvalue weighted by Gasteiger charge is -2.27. The van der Waals surface area contributed by atoms with Crippen LogP contribution >= 0.6 is 0 Å². The number of pyridine rings is 1. The summed E-state index contributed by atoms with van der Waals surface area (Å²) in [4.78, 5) is 5.62. The molecule has 0 spiro atoms. The van der Waals surface area contributed by atoms with Gasteiger partial charge in [-0.1, -0.05) is 0 Å². The molecule has 0 unspecified atom stereocenters. The van der Waals surface area contributed by atoms with Crippen molar-refractivity contribution in [1.82, 2.24) is 4.98 Å². The van der Waals surface area contributed by atoms with Crippen molar-refractivity contribution in [2.24, 2.45) is 4.40 Å². The Morgan fingerprint density at radius 1 is 1.32 bits per heavy atom. The molecule has 1 N–H and O–H groups in total. The summed E-state index contributed by atoms with van der Waals surface area (Å²) in [6.07, 6.45) is 3.22. The molecule has 3 rings (SSSR count). The summed E-state index contributed by atoms with van der Waals surface area (Å²) < 4.78 is 41.7. The van der Waals surface area contributed by atoms with E-state index in [0.717, 1.165) is 12.1 Å². The predicted octanol–water partition coefficient (Wildman–Crippen LogP) is 2.22. The third-order valence-electron chi connectivity index (χ3n) is 3.20. The first kappa shape index (κ1) is 14.5. The fraction of sp³-hybridized carbons (Fsp3) is 0.143. The fourth-order valence-electron chi connectivity index (χ4n) is 2.22. The number of guanidine groups is 1. The number of aromatic nitrogens is 1. The van der Waals surface area contributed by atoms with E-state index < -0.39 is 15.8 Å². The Balaban J connectivity index is 2.08.